The first-order valence-corrected chi connectivity index (χ1v) is 19.0. The van der Waals surface area contributed by atoms with Crippen LogP contribution in [0.15, 0.2) is 36.4 Å². The Labute approximate surface area is 322 Å². The third-order valence-electron chi connectivity index (χ3n) is 9.49. The molecule has 0 spiro atoms. The average molecular weight is 769 g/mol. The van der Waals surface area contributed by atoms with Crippen molar-refractivity contribution < 1.29 is 34.2 Å². The number of fused-ring (bicyclic) bond motifs is 5. The van der Waals surface area contributed by atoms with Crippen LogP contribution in [0, 0.1) is 0 Å². The SMILES string of the molecule is CNCCC[C@@H]1NC(=O)[C@@H](NC)Cc2cc(ccc2O)-c2ccc(O)c(c2)C[C@@H](C(=O)N[C@@H](CCCN)C(=O)NCCC[C@H](N)CC(=O)NCCN)NC1=O. The number of carbonyl (C=O) groups is 5. The minimum absolute atomic E-state index is 0.0000580. The summed E-state index contributed by atoms with van der Waals surface area (Å²) in [6, 6.07) is 5.36. The van der Waals surface area contributed by atoms with Crippen molar-refractivity contribution >= 4 is 29.5 Å². The molecule has 3 rings (SSSR count). The van der Waals surface area contributed by atoms with E-state index in [-0.39, 0.29) is 62.6 Å². The zero-order chi connectivity index (χ0) is 40.3. The van der Waals surface area contributed by atoms with Crippen molar-refractivity contribution in [3.05, 3.63) is 47.5 Å². The highest BCUT2D eigenvalue weighted by Crippen LogP contribution is 2.31. The maximum atomic E-state index is 14.1. The first-order valence-electron chi connectivity index (χ1n) is 19.0. The lowest BCUT2D eigenvalue weighted by Crippen LogP contribution is -2.58. The molecule has 17 nitrogen and oxygen atoms in total. The Morgan fingerprint density at radius 1 is 0.818 bits per heavy atom. The fourth-order valence-corrected chi connectivity index (χ4v) is 6.31. The number of aromatic hydroxyl groups is 2. The largest absolute Gasteiger partial charge is 0.508 e. The number of nitrogens with one attached hydrogen (secondary N) is 7. The van der Waals surface area contributed by atoms with Crippen LogP contribution in [0.2, 0.25) is 0 Å². The number of hydrogen-bond donors (Lipinski definition) is 12. The normalized spacial score (nSPS) is 18.5. The predicted molar refractivity (Wildman–Crippen MR) is 210 cm³/mol. The lowest BCUT2D eigenvalue weighted by Gasteiger charge is -2.27. The predicted octanol–water partition coefficient (Wildman–Crippen LogP) is -1.67. The van der Waals surface area contributed by atoms with Crippen molar-refractivity contribution in [2.24, 2.45) is 17.2 Å². The minimum atomic E-state index is -1.27. The van der Waals surface area contributed by atoms with Gasteiger partial charge in [0.05, 0.1) is 6.04 Å². The standard InChI is InChI=1S/C38H60N10O7/c1-42-15-5-8-29-36(53)48-31(38(55)46-28(7-3-13-39)35(52)45-16-4-6-27(41)22-34(51)44-17-14-40)21-26-19-24(10-12-33(26)50)23-9-11-32(49)25(18-23)20-30(43-2)37(54)47-29/h9-12,18-19,27-31,42-43,49-50H,3-8,13-17,20-22,39-41H2,1-2H3,(H,44,51)(H,45,52)(H,46,55)(H,47,54)(H,48,53)/t27-,28-,29-,30-,31-/m0/s1. The van der Waals surface area contributed by atoms with E-state index in [0.29, 0.717) is 67.6 Å². The summed E-state index contributed by atoms with van der Waals surface area (Å²) in [6.07, 6.45) is 2.45. The Hall–Kier alpha value is -4.81. The van der Waals surface area contributed by atoms with Gasteiger partial charge in [0.2, 0.25) is 29.5 Å². The van der Waals surface area contributed by atoms with Gasteiger partial charge in [-0.05, 0) is 112 Å². The summed E-state index contributed by atoms with van der Waals surface area (Å²) in [5.74, 6) is -2.53. The van der Waals surface area contributed by atoms with Crippen LogP contribution < -0.4 is 54.4 Å². The highest BCUT2D eigenvalue weighted by atomic mass is 16.3. The molecule has 1 aliphatic heterocycles. The van der Waals surface area contributed by atoms with Crippen LogP contribution in [0.1, 0.15) is 56.1 Å². The van der Waals surface area contributed by atoms with Crippen LogP contribution in [0.25, 0.3) is 11.1 Å². The van der Waals surface area contributed by atoms with Crippen molar-refractivity contribution in [3.8, 4) is 22.6 Å². The van der Waals surface area contributed by atoms with E-state index in [2.05, 4.69) is 37.2 Å². The Balaban J connectivity index is 1.90. The summed E-state index contributed by atoms with van der Waals surface area (Å²) >= 11 is 0. The molecular weight excluding hydrogens is 708 g/mol. The molecule has 1 aliphatic rings. The molecule has 5 amide bonds. The van der Waals surface area contributed by atoms with Crippen LogP contribution in [0.4, 0.5) is 0 Å². The molecule has 2 aromatic rings. The lowest BCUT2D eigenvalue weighted by molar-refractivity contribution is -0.134. The van der Waals surface area contributed by atoms with Gasteiger partial charge >= 0.3 is 0 Å². The molecule has 0 radical (unpaired) electrons. The van der Waals surface area contributed by atoms with E-state index in [4.69, 9.17) is 17.2 Å². The Morgan fingerprint density at radius 2 is 1.49 bits per heavy atom. The molecule has 0 saturated heterocycles. The summed E-state index contributed by atoms with van der Waals surface area (Å²) in [5.41, 5.74) is 19.5. The number of carbonyl (C=O) groups excluding carboxylic acids is 5. The third-order valence-corrected chi connectivity index (χ3v) is 9.49. The van der Waals surface area contributed by atoms with E-state index in [1.807, 2.05) is 0 Å². The second-order valence-corrected chi connectivity index (χ2v) is 13.8. The fraction of sp³-hybridized carbons (Fsp3) is 0.553. The number of amides is 5. The highest BCUT2D eigenvalue weighted by Gasteiger charge is 2.32. The zero-order valence-electron chi connectivity index (χ0n) is 31.9. The summed E-state index contributed by atoms with van der Waals surface area (Å²) < 4.78 is 0. The van der Waals surface area contributed by atoms with Gasteiger partial charge in [-0.2, -0.15) is 0 Å². The maximum Gasteiger partial charge on any atom is 0.243 e. The molecule has 0 aliphatic carbocycles. The summed E-state index contributed by atoms with van der Waals surface area (Å²) in [4.78, 5) is 67.0. The van der Waals surface area contributed by atoms with Crippen molar-refractivity contribution in [1.29, 1.82) is 0 Å². The average Bonchev–Trinajstić information content (AvgIpc) is 3.16. The molecule has 0 fully saturated rings. The van der Waals surface area contributed by atoms with Crippen LogP contribution in [-0.2, 0) is 36.8 Å². The topological polar surface area (TPSA) is 288 Å². The van der Waals surface area contributed by atoms with Crippen LogP contribution in [0.3, 0.4) is 0 Å². The Bertz CT molecular complexity index is 1590. The first-order chi connectivity index (χ1) is 26.4. The first kappa shape index (κ1) is 44.6. The van der Waals surface area contributed by atoms with E-state index in [0.717, 1.165) is 0 Å². The van der Waals surface area contributed by atoms with Gasteiger partial charge in [0.25, 0.3) is 0 Å². The molecule has 55 heavy (non-hydrogen) atoms. The van der Waals surface area contributed by atoms with Crippen molar-refractivity contribution in [3.63, 3.8) is 0 Å². The number of phenols is 2. The van der Waals surface area contributed by atoms with E-state index in [1.54, 1.807) is 38.4 Å². The van der Waals surface area contributed by atoms with Gasteiger partial charge in [0, 0.05) is 44.9 Å². The molecule has 0 unspecified atom stereocenters. The smallest absolute Gasteiger partial charge is 0.243 e. The van der Waals surface area contributed by atoms with E-state index in [1.165, 1.54) is 12.1 Å². The van der Waals surface area contributed by atoms with Gasteiger partial charge in [-0.25, -0.2) is 0 Å². The molecule has 15 N–H and O–H groups in total. The molecule has 1 heterocycles. The maximum absolute atomic E-state index is 14.1. The van der Waals surface area contributed by atoms with E-state index < -0.39 is 53.8 Å². The molecule has 5 atom stereocenters. The number of nitrogens with two attached hydrogens (primary N) is 3. The number of benzene rings is 2. The monoisotopic (exact) mass is 768 g/mol. The van der Waals surface area contributed by atoms with E-state index >= 15 is 0 Å². The molecule has 17 heteroatoms. The van der Waals surface area contributed by atoms with Crippen LogP contribution >= 0.6 is 0 Å². The molecule has 4 bridgehead atoms. The molecule has 0 aromatic heterocycles. The van der Waals surface area contributed by atoms with Crippen molar-refractivity contribution in [2.75, 3.05) is 46.8 Å². The van der Waals surface area contributed by atoms with Crippen LogP contribution in [0.5, 0.6) is 11.5 Å². The fourth-order valence-electron chi connectivity index (χ4n) is 6.31. The Morgan fingerprint density at radius 3 is 2.11 bits per heavy atom. The third kappa shape index (κ3) is 14.4. The van der Waals surface area contributed by atoms with Gasteiger partial charge in [-0.15, -0.1) is 0 Å². The van der Waals surface area contributed by atoms with Crippen molar-refractivity contribution in [1.82, 2.24) is 37.2 Å². The van der Waals surface area contributed by atoms with Crippen molar-refractivity contribution in [2.45, 2.75) is 88.0 Å². The second kappa shape index (κ2) is 23.2. The number of rotatable bonds is 19. The summed E-state index contributed by atoms with van der Waals surface area (Å²) in [6.45, 7) is 1.76. The highest BCUT2D eigenvalue weighted by molar-refractivity contribution is 5.95. The van der Waals surface area contributed by atoms with Crippen LogP contribution in [-0.4, -0.2) is 117 Å². The quantitative estimate of drug-likeness (QED) is 0.0715. The molecule has 2 aromatic carbocycles. The molecular formula is C38H60N10O7. The van der Waals surface area contributed by atoms with Gasteiger partial charge in [-0.3, -0.25) is 24.0 Å². The zero-order valence-corrected chi connectivity index (χ0v) is 31.9. The van der Waals surface area contributed by atoms with Gasteiger partial charge in [-0.1, -0.05) is 12.1 Å². The Kier molecular flexibility index (Phi) is 18.8. The molecule has 0 saturated carbocycles. The van der Waals surface area contributed by atoms with E-state index in [9.17, 15) is 34.2 Å². The van der Waals surface area contributed by atoms with Gasteiger partial charge in [0.15, 0.2) is 0 Å². The summed E-state index contributed by atoms with van der Waals surface area (Å²) in [7, 11) is 3.38. The van der Waals surface area contributed by atoms with Gasteiger partial charge < -0.3 is 64.6 Å². The number of likely N-dealkylation sites (N-methyl/N-ethyl adjacent to an activating group) is 1. The second-order valence-electron chi connectivity index (χ2n) is 13.8. The summed E-state index contributed by atoms with van der Waals surface area (Å²) in [5, 5.41) is 41.6. The minimum Gasteiger partial charge on any atom is -0.508 e. The number of phenolic OH excluding ortho intramolecular Hbond substituents is 2. The number of hydrogen-bond acceptors (Lipinski definition) is 12. The van der Waals surface area contributed by atoms with Gasteiger partial charge in [0.1, 0.15) is 29.6 Å². The lowest BCUT2D eigenvalue weighted by atomic mass is 9.95. The molecule has 304 valence electrons.